The van der Waals surface area contributed by atoms with Gasteiger partial charge >= 0.3 is 7.82 Å². The van der Waals surface area contributed by atoms with Gasteiger partial charge in [-0.2, -0.15) is 0 Å². The lowest BCUT2D eigenvalue weighted by molar-refractivity contribution is -0.308. The molecule has 0 spiro atoms. The predicted octanol–water partition coefficient (Wildman–Crippen LogP) is -4.88. The topological polar surface area (TPSA) is 222 Å². The summed E-state index contributed by atoms with van der Waals surface area (Å²) < 4.78 is 31.9. The third kappa shape index (κ3) is 3.44. The molecule has 2 heterocycles. The first-order chi connectivity index (χ1) is 12.1. The van der Waals surface area contributed by atoms with E-state index >= 15 is 0 Å². The summed E-state index contributed by atoms with van der Waals surface area (Å²) in [6.45, 7) is -0.670. The van der Waals surface area contributed by atoms with Gasteiger partial charge in [-0.1, -0.05) is 0 Å². The summed E-state index contributed by atoms with van der Waals surface area (Å²) in [5.74, 6) is 0. The van der Waals surface area contributed by atoms with Crippen LogP contribution in [-0.4, -0.2) is 109 Å². The number of fused-ring (bicyclic) bond motifs is 1. The van der Waals surface area contributed by atoms with E-state index in [9.17, 15) is 40.1 Å². The SMILES string of the molecule is N[C@H]1[C@@H](O[C@@H]2[C@H](O)[C@@H](O)[C@H](O)[C@H]3OP(=O)(O)O[C@@H]23)O[C@H](CO)[C@@H](O)[C@@H]1O. The molecule has 152 valence electrons. The highest BCUT2D eigenvalue weighted by Gasteiger charge is 2.60. The van der Waals surface area contributed by atoms with Crippen molar-refractivity contribution in [2.24, 2.45) is 5.73 Å². The van der Waals surface area contributed by atoms with Crippen LogP contribution in [0.4, 0.5) is 0 Å². The summed E-state index contributed by atoms with van der Waals surface area (Å²) in [5, 5.41) is 59.0. The number of phosphoric ester groups is 1. The second-order valence-corrected chi connectivity index (χ2v) is 7.82. The number of phosphoric acid groups is 1. The molecule has 3 fully saturated rings. The molecule has 1 unspecified atom stereocenters. The number of ether oxygens (including phenoxy) is 2. The highest BCUT2D eigenvalue weighted by Crippen LogP contribution is 2.56. The Balaban J connectivity index is 1.81. The van der Waals surface area contributed by atoms with Crippen molar-refractivity contribution in [3.8, 4) is 0 Å². The second kappa shape index (κ2) is 7.29. The largest absolute Gasteiger partial charge is 0.473 e. The van der Waals surface area contributed by atoms with Crippen LogP contribution in [0.25, 0.3) is 0 Å². The Morgan fingerprint density at radius 1 is 0.923 bits per heavy atom. The molecule has 0 bridgehead atoms. The average molecular weight is 403 g/mol. The molecular formula is C12H22NO12P. The molecule has 9 N–H and O–H groups in total. The highest BCUT2D eigenvalue weighted by atomic mass is 31.2. The van der Waals surface area contributed by atoms with Crippen molar-refractivity contribution in [1.29, 1.82) is 0 Å². The van der Waals surface area contributed by atoms with Crippen molar-refractivity contribution in [3.63, 3.8) is 0 Å². The number of rotatable bonds is 3. The van der Waals surface area contributed by atoms with Crippen molar-refractivity contribution in [3.05, 3.63) is 0 Å². The minimum Gasteiger partial charge on any atom is -0.394 e. The molecule has 0 aromatic heterocycles. The van der Waals surface area contributed by atoms with Gasteiger partial charge in [0.05, 0.1) is 12.6 Å². The molecule has 12 atom stereocenters. The van der Waals surface area contributed by atoms with Crippen molar-refractivity contribution in [2.45, 2.75) is 67.3 Å². The number of hydrogen-bond acceptors (Lipinski definition) is 12. The molecule has 0 aromatic rings. The summed E-state index contributed by atoms with van der Waals surface area (Å²) in [6.07, 6.45) is -15.5. The van der Waals surface area contributed by atoms with Crippen molar-refractivity contribution in [1.82, 2.24) is 0 Å². The number of aliphatic hydroxyl groups is 6. The fourth-order valence-corrected chi connectivity index (χ4v) is 4.43. The average Bonchev–Trinajstić information content (AvgIpc) is 2.92. The van der Waals surface area contributed by atoms with Crippen LogP contribution in [0.3, 0.4) is 0 Å². The van der Waals surface area contributed by atoms with Crippen LogP contribution in [-0.2, 0) is 23.1 Å². The standard InChI is InChI=1S/C12H22NO12P/c13-3-5(16)4(15)2(1-14)22-12(3)23-9-7(18)6(17)8(19)10-11(9)25-26(20,21)24-10/h2-12,14-19H,1,13H2,(H,20,21)/t2-,3-,4-,5-,6-,7-,8+,9-,10-,11+,12-/m1/s1. The molecule has 1 aliphatic carbocycles. The van der Waals surface area contributed by atoms with Crippen LogP contribution in [0, 0.1) is 0 Å². The molecule has 14 heteroatoms. The van der Waals surface area contributed by atoms with Gasteiger partial charge in [-0.05, 0) is 0 Å². The van der Waals surface area contributed by atoms with E-state index in [4.69, 9.17) is 24.3 Å². The first kappa shape index (κ1) is 20.5. The Bertz CT molecular complexity index is 564. The Morgan fingerprint density at radius 2 is 1.54 bits per heavy atom. The third-order valence-corrected chi connectivity index (χ3v) is 5.77. The Labute approximate surface area is 147 Å². The van der Waals surface area contributed by atoms with Gasteiger partial charge in [0.25, 0.3) is 0 Å². The number of hydrogen-bond donors (Lipinski definition) is 8. The molecule has 2 saturated heterocycles. The minimum atomic E-state index is -4.55. The smallest absolute Gasteiger partial charge is 0.394 e. The zero-order chi connectivity index (χ0) is 19.4. The number of aliphatic hydroxyl groups excluding tert-OH is 6. The maximum absolute atomic E-state index is 11.7. The molecule has 0 radical (unpaired) electrons. The van der Waals surface area contributed by atoms with Gasteiger partial charge in [0.15, 0.2) is 6.29 Å². The van der Waals surface area contributed by atoms with Gasteiger partial charge in [0.2, 0.25) is 0 Å². The molecule has 13 nitrogen and oxygen atoms in total. The number of nitrogens with two attached hydrogens (primary N) is 1. The highest BCUT2D eigenvalue weighted by molar-refractivity contribution is 7.47. The van der Waals surface area contributed by atoms with E-state index in [2.05, 4.69) is 0 Å². The second-order valence-electron chi connectivity index (χ2n) is 6.47. The first-order valence-corrected chi connectivity index (χ1v) is 9.34. The van der Waals surface area contributed by atoms with Gasteiger partial charge in [-0.25, -0.2) is 4.57 Å². The van der Waals surface area contributed by atoms with Gasteiger partial charge in [-0.15, -0.1) is 0 Å². The molecule has 26 heavy (non-hydrogen) atoms. The lowest BCUT2D eigenvalue weighted by atomic mass is 9.84. The van der Waals surface area contributed by atoms with E-state index in [0.717, 1.165) is 0 Å². The van der Waals surface area contributed by atoms with Crippen molar-refractivity contribution in [2.75, 3.05) is 6.61 Å². The van der Waals surface area contributed by atoms with E-state index in [-0.39, 0.29) is 0 Å². The van der Waals surface area contributed by atoms with Crippen LogP contribution < -0.4 is 5.73 Å². The third-order valence-electron chi connectivity index (χ3n) is 4.75. The summed E-state index contributed by atoms with van der Waals surface area (Å²) in [6, 6.07) is -1.31. The molecule has 0 amide bonds. The van der Waals surface area contributed by atoms with E-state index in [0.29, 0.717) is 0 Å². The Hall–Kier alpha value is -0.250. The van der Waals surface area contributed by atoms with Gasteiger partial charge < -0.3 is 50.7 Å². The molecular weight excluding hydrogens is 381 g/mol. The van der Waals surface area contributed by atoms with Crippen LogP contribution in [0.5, 0.6) is 0 Å². The maximum atomic E-state index is 11.7. The van der Waals surface area contributed by atoms with Crippen molar-refractivity contribution < 1.29 is 58.6 Å². The summed E-state index contributed by atoms with van der Waals surface area (Å²) in [7, 11) is -4.55. The molecule has 3 aliphatic rings. The predicted molar refractivity (Wildman–Crippen MR) is 78.2 cm³/mol. The van der Waals surface area contributed by atoms with E-state index in [1.54, 1.807) is 0 Å². The fourth-order valence-electron chi connectivity index (χ4n) is 3.28. The molecule has 0 aromatic carbocycles. The van der Waals surface area contributed by atoms with E-state index in [1.165, 1.54) is 0 Å². The van der Waals surface area contributed by atoms with Crippen LogP contribution in [0.2, 0.25) is 0 Å². The van der Waals surface area contributed by atoms with Gasteiger partial charge in [0, 0.05) is 0 Å². The quantitative estimate of drug-likeness (QED) is 0.207. The molecule has 1 saturated carbocycles. The molecule has 2 aliphatic heterocycles. The Morgan fingerprint density at radius 3 is 2.15 bits per heavy atom. The van der Waals surface area contributed by atoms with Crippen molar-refractivity contribution >= 4 is 7.82 Å². The monoisotopic (exact) mass is 403 g/mol. The molecule has 3 rings (SSSR count). The van der Waals surface area contributed by atoms with E-state index in [1.807, 2.05) is 0 Å². The first-order valence-electron chi connectivity index (χ1n) is 7.84. The fraction of sp³-hybridized carbons (Fsp3) is 1.00. The Kier molecular flexibility index (Phi) is 5.75. The normalized spacial score (nSPS) is 57.8. The van der Waals surface area contributed by atoms with E-state index < -0.39 is 81.7 Å². The van der Waals surface area contributed by atoms with Crippen LogP contribution in [0.1, 0.15) is 0 Å². The minimum absolute atomic E-state index is 0.670. The summed E-state index contributed by atoms with van der Waals surface area (Å²) in [4.78, 5) is 9.47. The van der Waals surface area contributed by atoms with Gasteiger partial charge in [-0.3, -0.25) is 9.05 Å². The lowest BCUT2D eigenvalue weighted by Crippen LogP contribution is -2.67. The zero-order valence-corrected chi connectivity index (χ0v) is 14.1. The zero-order valence-electron chi connectivity index (χ0n) is 13.3. The summed E-state index contributed by atoms with van der Waals surface area (Å²) >= 11 is 0. The van der Waals surface area contributed by atoms with Gasteiger partial charge in [0.1, 0.15) is 54.9 Å². The van der Waals surface area contributed by atoms with Crippen LogP contribution in [0.15, 0.2) is 0 Å². The lowest BCUT2D eigenvalue weighted by Gasteiger charge is -2.45. The van der Waals surface area contributed by atoms with Crippen LogP contribution >= 0.6 is 7.82 Å². The summed E-state index contributed by atoms with van der Waals surface area (Å²) in [5.41, 5.74) is 5.73. The maximum Gasteiger partial charge on any atom is 0.473 e.